The van der Waals surface area contributed by atoms with Crippen molar-refractivity contribution in [2.75, 3.05) is 17.6 Å². The molecular formula is C9H15ClN4O2S. The van der Waals surface area contributed by atoms with E-state index < -0.39 is 10.0 Å². The van der Waals surface area contributed by atoms with Crippen molar-refractivity contribution < 1.29 is 8.42 Å². The molecule has 0 spiro atoms. The number of nitrogens with two attached hydrogens (primary N) is 1. The summed E-state index contributed by atoms with van der Waals surface area (Å²) in [6.45, 7) is 2.21. The van der Waals surface area contributed by atoms with Crippen LogP contribution in [-0.4, -0.2) is 30.7 Å². The van der Waals surface area contributed by atoms with E-state index in [0.717, 1.165) is 18.4 Å². The van der Waals surface area contributed by atoms with Crippen LogP contribution in [0.5, 0.6) is 0 Å². The molecule has 1 aromatic heterocycles. The first-order chi connectivity index (χ1) is 7.94. The summed E-state index contributed by atoms with van der Waals surface area (Å²) >= 11 is 5.94. The van der Waals surface area contributed by atoms with Crippen molar-refractivity contribution in [3.05, 3.63) is 17.0 Å². The van der Waals surface area contributed by atoms with Gasteiger partial charge in [0, 0.05) is 12.1 Å². The van der Waals surface area contributed by atoms with Crippen LogP contribution in [0.2, 0.25) is 5.15 Å². The highest BCUT2D eigenvalue weighted by molar-refractivity contribution is 7.89. The lowest BCUT2D eigenvalue weighted by molar-refractivity contribution is 0.598. The minimum absolute atomic E-state index is 0.153. The van der Waals surface area contributed by atoms with Crippen LogP contribution in [-0.2, 0) is 16.4 Å². The number of nitrogens with zero attached hydrogens (tertiary/aromatic N) is 2. The molecule has 6 nitrogen and oxygen atoms in total. The molecule has 0 fully saturated rings. The van der Waals surface area contributed by atoms with E-state index in [1.807, 2.05) is 6.92 Å². The Bertz CT molecular complexity index is 478. The molecule has 3 N–H and O–H groups in total. The minimum atomic E-state index is -3.47. The minimum Gasteiger partial charge on any atom is -0.369 e. The standard InChI is InChI=1S/C9H15ClN4O2S/c1-2-3-7-8(10)13-6-14-9(7)12-4-5-17(11,15)16/h6H,2-5H2,1H3,(H2,11,15,16)(H,12,13,14). The molecule has 1 heterocycles. The van der Waals surface area contributed by atoms with Gasteiger partial charge in [0.1, 0.15) is 17.3 Å². The Morgan fingerprint density at radius 1 is 1.47 bits per heavy atom. The van der Waals surface area contributed by atoms with Crippen molar-refractivity contribution in [2.45, 2.75) is 19.8 Å². The Balaban J connectivity index is 2.73. The lowest BCUT2D eigenvalue weighted by Gasteiger charge is -2.10. The highest BCUT2D eigenvalue weighted by Crippen LogP contribution is 2.21. The quantitative estimate of drug-likeness (QED) is 0.750. The summed E-state index contributed by atoms with van der Waals surface area (Å²) in [5.74, 6) is 0.413. The second-order valence-electron chi connectivity index (χ2n) is 3.54. The number of nitrogens with one attached hydrogen (secondary N) is 1. The third kappa shape index (κ3) is 4.84. The maximum atomic E-state index is 10.8. The zero-order valence-electron chi connectivity index (χ0n) is 9.48. The van der Waals surface area contributed by atoms with Crippen molar-refractivity contribution in [2.24, 2.45) is 5.14 Å². The first-order valence-corrected chi connectivity index (χ1v) is 7.27. The van der Waals surface area contributed by atoms with Gasteiger partial charge < -0.3 is 5.32 Å². The maximum absolute atomic E-state index is 10.8. The smallest absolute Gasteiger partial charge is 0.210 e. The number of primary sulfonamides is 1. The van der Waals surface area contributed by atoms with E-state index >= 15 is 0 Å². The third-order valence-corrected chi connectivity index (χ3v) is 3.17. The van der Waals surface area contributed by atoms with Gasteiger partial charge in [-0.15, -0.1) is 0 Å². The predicted octanol–water partition coefficient (Wildman–Crippen LogP) is 0.783. The van der Waals surface area contributed by atoms with Gasteiger partial charge in [-0.25, -0.2) is 23.5 Å². The van der Waals surface area contributed by atoms with E-state index in [0.29, 0.717) is 11.0 Å². The van der Waals surface area contributed by atoms with Gasteiger partial charge in [-0.1, -0.05) is 24.9 Å². The number of hydrogen-bond acceptors (Lipinski definition) is 5. The van der Waals surface area contributed by atoms with Crippen LogP contribution < -0.4 is 10.5 Å². The van der Waals surface area contributed by atoms with Gasteiger partial charge >= 0.3 is 0 Å². The molecule has 0 atom stereocenters. The molecule has 17 heavy (non-hydrogen) atoms. The number of anilines is 1. The van der Waals surface area contributed by atoms with Crippen LogP contribution in [0.1, 0.15) is 18.9 Å². The molecule has 1 aromatic rings. The molecular weight excluding hydrogens is 264 g/mol. The van der Waals surface area contributed by atoms with Crippen LogP contribution in [0.25, 0.3) is 0 Å². The largest absolute Gasteiger partial charge is 0.369 e. The van der Waals surface area contributed by atoms with Gasteiger partial charge in [0.2, 0.25) is 10.0 Å². The Kier molecular flexibility index (Phi) is 5.10. The lowest BCUT2D eigenvalue weighted by atomic mass is 10.2. The average molecular weight is 279 g/mol. The first kappa shape index (κ1) is 14.1. The summed E-state index contributed by atoms with van der Waals surface area (Å²) in [7, 11) is -3.47. The molecule has 0 saturated heterocycles. The van der Waals surface area contributed by atoms with E-state index in [1.54, 1.807) is 0 Å². The lowest BCUT2D eigenvalue weighted by Crippen LogP contribution is -2.23. The summed E-state index contributed by atoms with van der Waals surface area (Å²) in [6, 6.07) is 0. The van der Waals surface area contributed by atoms with E-state index in [9.17, 15) is 8.42 Å². The summed E-state index contributed by atoms with van der Waals surface area (Å²) in [6.07, 6.45) is 2.97. The SMILES string of the molecule is CCCc1c(Cl)ncnc1NCCS(N)(=O)=O. The fourth-order valence-corrected chi connectivity index (χ4v) is 1.94. The second kappa shape index (κ2) is 6.13. The molecule has 0 unspecified atom stereocenters. The molecule has 0 amide bonds. The van der Waals surface area contributed by atoms with E-state index in [-0.39, 0.29) is 12.3 Å². The number of hydrogen-bond donors (Lipinski definition) is 2. The normalized spacial score (nSPS) is 11.5. The second-order valence-corrected chi connectivity index (χ2v) is 5.63. The summed E-state index contributed by atoms with van der Waals surface area (Å²) < 4.78 is 21.6. The molecule has 0 aliphatic rings. The molecule has 0 bridgehead atoms. The van der Waals surface area contributed by atoms with Gasteiger partial charge in [0.15, 0.2) is 0 Å². The van der Waals surface area contributed by atoms with Crippen molar-refractivity contribution in [1.29, 1.82) is 0 Å². The third-order valence-electron chi connectivity index (χ3n) is 2.07. The van der Waals surface area contributed by atoms with Gasteiger partial charge in [-0.2, -0.15) is 0 Å². The van der Waals surface area contributed by atoms with Crippen molar-refractivity contribution in [3.63, 3.8) is 0 Å². The van der Waals surface area contributed by atoms with Gasteiger partial charge in [0.05, 0.1) is 5.75 Å². The molecule has 0 aliphatic heterocycles. The fourth-order valence-electron chi connectivity index (χ4n) is 1.33. The number of sulfonamides is 1. The summed E-state index contributed by atoms with van der Waals surface area (Å²) in [5.41, 5.74) is 0.797. The molecule has 0 radical (unpaired) electrons. The van der Waals surface area contributed by atoms with E-state index in [2.05, 4.69) is 15.3 Å². The van der Waals surface area contributed by atoms with Crippen molar-refractivity contribution in [3.8, 4) is 0 Å². The number of rotatable bonds is 6. The number of halogens is 1. The van der Waals surface area contributed by atoms with E-state index in [1.165, 1.54) is 6.33 Å². The van der Waals surface area contributed by atoms with Gasteiger partial charge in [-0.3, -0.25) is 0 Å². The average Bonchev–Trinajstić information content (AvgIpc) is 2.21. The van der Waals surface area contributed by atoms with Gasteiger partial charge in [-0.05, 0) is 6.42 Å². The zero-order valence-corrected chi connectivity index (χ0v) is 11.1. The Hall–Kier alpha value is -0.920. The van der Waals surface area contributed by atoms with Crippen LogP contribution in [0, 0.1) is 0 Å². The van der Waals surface area contributed by atoms with Crippen molar-refractivity contribution in [1.82, 2.24) is 9.97 Å². The van der Waals surface area contributed by atoms with Crippen LogP contribution in [0.15, 0.2) is 6.33 Å². The van der Waals surface area contributed by atoms with E-state index in [4.69, 9.17) is 16.7 Å². The molecule has 96 valence electrons. The number of aromatic nitrogens is 2. The first-order valence-electron chi connectivity index (χ1n) is 5.17. The molecule has 1 rings (SSSR count). The molecule has 0 saturated carbocycles. The van der Waals surface area contributed by atoms with Crippen LogP contribution >= 0.6 is 11.6 Å². The molecule has 0 aromatic carbocycles. The highest BCUT2D eigenvalue weighted by Gasteiger charge is 2.09. The Morgan fingerprint density at radius 2 is 2.18 bits per heavy atom. The van der Waals surface area contributed by atoms with Crippen molar-refractivity contribution >= 4 is 27.4 Å². The Morgan fingerprint density at radius 3 is 2.76 bits per heavy atom. The summed E-state index contributed by atoms with van der Waals surface area (Å²) in [5, 5.41) is 8.19. The highest BCUT2D eigenvalue weighted by atomic mass is 35.5. The van der Waals surface area contributed by atoms with Crippen LogP contribution in [0.4, 0.5) is 5.82 Å². The maximum Gasteiger partial charge on any atom is 0.210 e. The van der Waals surface area contributed by atoms with Crippen LogP contribution in [0.3, 0.4) is 0 Å². The van der Waals surface area contributed by atoms with Gasteiger partial charge in [0.25, 0.3) is 0 Å². The topological polar surface area (TPSA) is 98.0 Å². The summed E-state index contributed by atoms with van der Waals surface area (Å²) in [4.78, 5) is 7.92. The predicted molar refractivity (Wildman–Crippen MR) is 67.5 cm³/mol. The molecule has 0 aliphatic carbocycles. The molecule has 8 heteroatoms. The monoisotopic (exact) mass is 278 g/mol. The Labute approximate surface area is 106 Å². The fraction of sp³-hybridized carbons (Fsp3) is 0.556. The zero-order chi connectivity index (χ0) is 12.9.